The first-order valence-corrected chi connectivity index (χ1v) is 23.1. The number of aliphatic hydroxyl groups excluding tert-OH is 1. The molecule has 5 nitrogen and oxygen atoms in total. The highest BCUT2D eigenvalue weighted by molar-refractivity contribution is 5.70. The topological polar surface area (TPSA) is 72.8 Å². The Morgan fingerprint density at radius 2 is 0.608 bits per heavy atom. The van der Waals surface area contributed by atoms with Gasteiger partial charge in [0.05, 0.1) is 6.61 Å². The second-order valence-electron chi connectivity index (χ2n) is 15.9. The summed E-state index contributed by atoms with van der Waals surface area (Å²) in [6.45, 7) is 4.17. The molecule has 1 unspecified atom stereocenters. The molecule has 0 aliphatic rings. The van der Waals surface area contributed by atoms with E-state index in [9.17, 15) is 14.7 Å². The minimum absolute atomic E-state index is 0.0569. The normalized spacial score (nSPS) is 12.0. The number of rotatable bonds is 43. The van der Waals surface area contributed by atoms with Crippen molar-refractivity contribution in [3.8, 4) is 0 Å². The molecule has 0 saturated carbocycles. The van der Waals surface area contributed by atoms with Crippen LogP contribution in [-0.2, 0) is 19.1 Å². The maximum absolute atomic E-state index is 12.2. The molecule has 0 aliphatic heterocycles. The van der Waals surface area contributed by atoms with Crippen molar-refractivity contribution in [3.05, 3.63) is 0 Å². The predicted octanol–water partition coefficient (Wildman–Crippen LogP) is 14.7. The molecule has 0 fully saturated rings. The zero-order valence-corrected chi connectivity index (χ0v) is 34.6. The first-order valence-electron chi connectivity index (χ1n) is 23.1. The molecule has 0 aliphatic carbocycles. The van der Waals surface area contributed by atoms with Crippen molar-refractivity contribution in [1.82, 2.24) is 0 Å². The average Bonchev–Trinajstić information content (AvgIpc) is 3.13. The third-order valence-corrected chi connectivity index (χ3v) is 10.7. The zero-order valence-electron chi connectivity index (χ0n) is 34.6. The predicted molar refractivity (Wildman–Crippen MR) is 219 cm³/mol. The minimum Gasteiger partial charge on any atom is -0.462 e. The Labute approximate surface area is 319 Å². The Hall–Kier alpha value is -1.10. The fraction of sp³-hybridized carbons (Fsp3) is 0.957. The van der Waals surface area contributed by atoms with Gasteiger partial charge < -0.3 is 14.6 Å². The van der Waals surface area contributed by atoms with Crippen LogP contribution in [0.15, 0.2) is 0 Å². The van der Waals surface area contributed by atoms with E-state index in [4.69, 9.17) is 9.47 Å². The van der Waals surface area contributed by atoms with Crippen LogP contribution in [0, 0.1) is 0 Å². The highest BCUT2D eigenvalue weighted by Gasteiger charge is 2.16. The summed E-state index contributed by atoms with van der Waals surface area (Å²) in [4.78, 5) is 24.3. The number of ether oxygens (including phenoxy) is 2. The fourth-order valence-corrected chi connectivity index (χ4v) is 7.15. The van der Waals surface area contributed by atoms with E-state index in [2.05, 4.69) is 13.8 Å². The second kappa shape index (κ2) is 43.3. The van der Waals surface area contributed by atoms with Gasteiger partial charge in [0.15, 0.2) is 6.10 Å². The molecule has 1 N–H and O–H groups in total. The molecule has 0 amide bonds. The molecule has 0 aromatic carbocycles. The third kappa shape index (κ3) is 41.5. The number of aliphatic hydroxyl groups is 1. The van der Waals surface area contributed by atoms with Crippen LogP contribution >= 0.6 is 0 Å². The monoisotopic (exact) mass is 723 g/mol. The Balaban J connectivity index is 3.39. The van der Waals surface area contributed by atoms with Crippen LogP contribution in [0.1, 0.15) is 264 Å². The van der Waals surface area contributed by atoms with Gasteiger partial charge in [0.25, 0.3) is 0 Å². The summed E-state index contributed by atoms with van der Waals surface area (Å²) in [5.74, 6) is -0.573. The van der Waals surface area contributed by atoms with Crippen LogP contribution in [0.5, 0.6) is 0 Å². The summed E-state index contributed by atoms with van der Waals surface area (Å²) in [6.07, 6.45) is 49.1. The Kier molecular flexibility index (Phi) is 42.4. The minimum atomic E-state index is -0.761. The van der Waals surface area contributed by atoms with Crippen LogP contribution < -0.4 is 0 Å². The van der Waals surface area contributed by atoms with Gasteiger partial charge in [-0.05, 0) is 12.8 Å². The molecular formula is C46H90O5. The number of hydrogen-bond donors (Lipinski definition) is 1. The molecule has 0 bridgehead atoms. The quantitative estimate of drug-likeness (QED) is 0.0501. The van der Waals surface area contributed by atoms with E-state index in [1.165, 1.54) is 205 Å². The summed E-state index contributed by atoms with van der Waals surface area (Å²) in [5, 5.41) is 9.57. The molecule has 0 aromatic rings. The lowest BCUT2D eigenvalue weighted by molar-refractivity contribution is -0.161. The molecule has 0 saturated heterocycles. The molecule has 0 heterocycles. The van der Waals surface area contributed by atoms with E-state index < -0.39 is 6.10 Å². The van der Waals surface area contributed by atoms with E-state index in [-0.39, 0.29) is 25.2 Å². The van der Waals surface area contributed by atoms with Crippen molar-refractivity contribution in [2.75, 3.05) is 13.2 Å². The summed E-state index contributed by atoms with van der Waals surface area (Å²) >= 11 is 0. The molecule has 0 radical (unpaired) electrons. The number of carbonyl (C=O) groups is 2. The smallest absolute Gasteiger partial charge is 0.306 e. The summed E-state index contributed by atoms with van der Waals surface area (Å²) < 4.78 is 10.6. The number of esters is 2. The Morgan fingerprint density at radius 3 is 0.863 bits per heavy atom. The van der Waals surface area contributed by atoms with E-state index >= 15 is 0 Å². The van der Waals surface area contributed by atoms with Gasteiger partial charge in [-0.2, -0.15) is 0 Å². The molecule has 0 rings (SSSR count). The van der Waals surface area contributed by atoms with Crippen molar-refractivity contribution in [3.63, 3.8) is 0 Å². The standard InChI is InChI=1S/C46H90O5/c1-3-5-7-9-11-13-15-16-17-18-19-20-21-22-23-24-25-26-27-28-29-31-33-35-37-39-41-46(49)51-44(42-47)43-50-45(48)40-38-36-34-32-30-14-12-10-8-6-4-2/h44,47H,3-43H2,1-2H3. The number of hydrogen-bond acceptors (Lipinski definition) is 5. The molecular weight excluding hydrogens is 633 g/mol. The van der Waals surface area contributed by atoms with E-state index in [1.54, 1.807) is 0 Å². The van der Waals surface area contributed by atoms with Crippen LogP contribution in [0.4, 0.5) is 0 Å². The van der Waals surface area contributed by atoms with Gasteiger partial charge in [0.2, 0.25) is 0 Å². The largest absolute Gasteiger partial charge is 0.462 e. The van der Waals surface area contributed by atoms with Crippen LogP contribution in [0.25, 0.3) is 0 Å². The van der Waals surface area contributed by atoms with Crippen LogP contribution in [0.2, 0.25) is 0 Å². The Morgan fingerprint density at radius 1 is 0.373 bits per heavy atom. The molecule has 51 heavy (non-hydrogen) atoms. The summed E-state index contributed by atoms with van der Waals surface area (Å²) in [6, 6.07) is 0. The highest BCUT2D eigenvalue weighted by atomic mass is 16.6. The third-order valence-electron chi connectivity index (χ3n) is 10.7. The molecule has 304 valence electrons. The van der Waals surface area contributed by atoms with Crippen molar-refractivity contribution < 1.29 is 24.2 Å². The van der Waals surface area contributed by atoms with E-state index in [0.717, 1.165) is 32.1 Å². The highest BCUT2D eigenvalue weighted by Crippen LogP contribution is 2.17. The molecule has 1 atom stereocenters. The van der Waals surface area contributed by atoms with Gasteiger partial charge in [-0.15, -0.1) is 0 Å². The molecule has 0 aromatic heterocycles. The Bertz CT molecular complexity index is 695. The van der Waals surface area contributed by atoms with Crippen molar-refractivity contribution >= 4 is 11.9 Å². The van der Waals surface area contributed by atoms with Gasteiger partial charge in [-0.1, -0.05) is 239 Å². The average molecular weight is 723 g/mol. The van der Waals surface area contributed by atoms with Crippen LogP contribution in [-0.4, -0.2) is 36.4 Å². The lowest BCUT2D eigenvalue weighted by atomic mass is 10.0. The van der Waals surface area contributed by atoms with Crippen molar-refractivity contribution in [2.45, 2.75) is 270 Å². The van der Waals surface area contributed by atoms with E-state index in [1.807, 2.05) is 0 Å². The summed E-state index contributed by atoms with van der Waals surface area (Å²) in [7, 11) is 0. The van der Waals surface area contributed by atoms with Gasteiger partial charge >= 0.3 is 11.9 Å². The van der Waals surface area contributed by atoms with Gasteiger partial charge in [-0.3, -0.25) is 9.59 Å². The zero-order chi connectivity index (χ0) is 37.1. The fourth-order valence-electron chi connectivity index (χ4n) is 7.15. The SMILES string of the molecule is CCCCCCCCCCCCCCCCCCCCCCCCCCCCC(=O)OC(CO)COC(=O)CCCCCCCCCCCCC. The van der Waals surface area contributed by atoms with Crippen molar-refractivity contribution in [1.29, 1.82) is 0 Å². The lowest BCUT2D eigenvalue weighted by Crippen LogP contribution is -2.28. The lowest BCUT2D eigenvalue weighted by Gasteiger charge is -2.15. The molecule has 5 heteroatoms. The number of unbranched alkanes of at least 4 members (excludes halogenated alkanes) is 35. The molecule has 0 spiro atoms. The van der Waals surface area contributed by atoms with Gasteiger partial charge in [0.1, 0.15) is 6.61 Å². The first-order chi connectivity index (χ1) is 25.1. The van der Waals surface area contributed by atoms with Gasteiger partial charge in [-0.25, -0.2) is 0 Å². The number of carbonyl (C=O) groups excluding carboxylic acids is 2. The first kappa shape index (κ1) is 49.9. The summed E-state index contributed by atoms with van der Waals surface area (Å²) in [5.41, 5.74) is 0. The van der Waals surface area contributed by atoms with Gasteiger partial charge in [0, 0.05) is 12.8 Å². The maximum atomic E-state index is 12.2. The van der Waals surface area contributed by atoms with E-state index in [0.29, 0.717) is 12.8 Å². The second-order valence-corrected chi connectivity index (χ2v) is 15.9. The van der Waals surface area contributed by atoms with Crippen molar-refractivity contribution in [2.24, 2.45) is 0 Å². The van der Waals surface area contributed by atoms with Crippen LogP contribution in [0.3, 0.4) is 0 Å². The maximum Gasteiger partial charge on any atom is 0.306 e.